The number of rotatable bonds is 8. The number of hydrogen-bond acceptors (Lipinski definition) is 8. The molecule has 0 bridgehead atoms. The fraction of sp³-hybridized carbons (Fsp3) is 0.280. The van der Waals surface area contributed by atoms with Crippen LogP contribution >= 0.6 is 0 Å². The van der Waals surface area contributed by atoms with E-state index in [1.165, 1.54) is 25.4 Å². The highest BCUT2D eigenvalue weighted by atomic mass is 32.2. The highest BCUT2D eigenvalue weighted by molar-refractivity contribution is 7.92. The number of amides is 1. The van der Waals surface area contributed by atoms with E-state index in [1.807, 2.05) is 20.8 Å². The lowest BCUT2D eigenvalue weighted by atomic mass is 9.86. The third kappa shape index (κ3) is 6.79. The van der Waals surface area contributed by atoms with Crippen LogP contribution < -0.4 is 19.5 Å². The molecule has 0 saturated carbocycles. The van der Waals surface area contributed by atoms with Gasteiger partial charge in [0, 0.05) is 17.8 Å². The summed E-state index contributed by atoms with van der Waals surface area (Å²) in [5.74, 6) is 0.177. The predicted octanol–water partition coefficient (Wildman–Crippen LogP) is 4.32. The van der Waals surface area contributed by atoms with Gasteiger partial charge in [0.05, 0.1) is 24.7 Å². The van der Waals surface area contributed by atoms with E-state index >= 15 is 0 Å². The summed E-state index contributed by atoms with van der Waals surface area (Å²) in [5.41, 5.74) is 1.99. The molecular weight excluding hydrogens is 484 g/mol. The van der Waals surface area contributed by atoms with E-state index in [1.54, 1.807) is 31.2 Å². The molecule has 11 heteroatoms. The van der Waals surface area contributed by atoms with Gasteiger partial charge in [-0.05, 0) is 53.8 Å². The number of ether oxygens (including phenoxy) is 2. The molecule has 190 valence electrons. The third-order valence-corrected chi connectivity index (χ3v) is 5.58. The second-order valence-corrected chi connectivity index (χ2v) is 10.9. The summed E-state index contributed by atoms with van der Waals surface area (Å²) in [6.45, 7) is 7.71. The van der Waals surface area contributed by atoms with Crippen molar-refractivity contribution in [2.45, 2.75) is 33.1 Å². The molecule has 0 atom stereocenters. The molecule has 0 spiro atoms. The molecule has 2 aromatic carbocycles. The van der Waals surface area contributed by atoms with E-state index in [0.717, 1.165) is 17.4 Å². The maximum absolute atomic E-state index is 13.3. The van der Waals surface area contributed by atoms with E-state index in [0.29, 0.717) is 17.7 Å². The molecule has 0 radical (unpaired) electrons. The van der Waals surface area contributed by atoms with Crippen LogP contribution in [0.2, 0.25) is 0 Å². The Kier molecular flexibility index (Phi) is 7.63. The minimum Gasteiger partial charge on any atom is -0.492 e. The van der Waals surface area contributed by atoms with Gasteiger partial charge in [-0.25, -0.2) is 13.4 Å². The van der Waals surface area contributed by atoms with E-state index in [4.69, 9.17) is 9.47 Å². The Bertz CT molecular complexity index is 1410. The molecule has 0 saturated heterocycles. The molecule has 0 aliphatic rings. The first-order valence-corrected chi connectivity index (χ1v) is 12.8. The SMILES string of the molecule is COc1c(NC(=O)c2cc(C)cc(Oc3ccnc(C=O)n3)c2)cc(C(C)(C)C)cc1NS(C)(=O)=O. The highest BCUT2D eigenvalue weighted by Gasteiger charge is 2.22. The molecule has 0 aliphatic carbocycles. The Labute approximate surface area is 210 Å². The summed E-state index contributed by atoms with van der Waals surface area (Å²) < 4.78 is 37.6. The van der Waals surface area contributed by atoms with E-state index < -0.39 is 15.9 Å². The molecule has 1 amide bonds. The quantitative estimate of drug-likeness (QED) is 0.426. The van der Waals surface area contributed by atoms with E-state index in [2.05, 4.69) is 20.0 Å². The summed E-state index contributed by atoms with van der Waals surface area (Å²) in [6, 6.07) is 9.85. The zero-order valence-corrected chi connectivity index (χ0v) is 21.7. The van der Waals surface area contributed by atoms with Gasteiger partial charge in [0.1, 0.15) is 5.75 Å². The minimum absolute atomic E-state index is 0.0255. The number of benzene rings is 2. The van der Waals surface area contributed by atoms with Crippen molar-refractivity contribution in [2.75, 3.05) is 23.4 Å². The first-order valence-electron chi connectivity index (χ1n) is 10.9. The van der Waals surface area contributed by atoms with Gasteiger partial charge in [-0.1, -0.05) is 20.8 Å². The fourth-order valence-electron chi connectivity index (χ4n) is 3.37. The summed E-state index contributed by atoms with van der Waals surface area (Å²) >= 11 is 0. The molecule has 1 aromatic heterocycles. The summed E-state index contributed by atoms with van der Waals surface area (Å²) in [6.07, 6.45) is 2.94. The Morgan fingerprint density at radius 2 is 1.78 bits per heavy atom. The van der Waals surface area contributed by atoms with Crippen molar-refractivity contribution >= 4 is 33.6 Å². The van der Waals surface area contributed by atoms with Crippen LogP contribution in [0.1, 0.15) is 52.9 Å². The monoisotopic (exact) mass is 512 g/mol. The van der Waals surface area contributed by atoms with Crippen LogP contribution in [0.5, 0.6) is 17.4 Å². The van der Waals surface area contributed by atoms with Crippen molar-refractivity contribution < 1.29 is 27.5 Å². The Morgan fingerprint density at radius 1 is 1.08 bits per heavy atom. The largest absolute Gasteiger partial charge is 0.492 e. The Hall–Kier alpha value is -3.99. The number of aldehydes is 1. The molecule has 0 aliphatic heterocycles. The van der Waals surface area contributed by atoms with Crippen molar-refractivity contribution in [1.82, 2.24) is 9.97 Å². The summed E-state index contributed by atoms with van der Waals surface area (Å²) in [4.78, 5) is 32.0. The van der Waals surface area contributed by atoms with Crippen molar-refractivity contribution in [1.29, 1.82) is 0 Å². The van der Waals surface area contributed by atoms with Crippen LogP contribution in [-0.4, -0.2) is 43.9 Å². The number of nitrogens with zero attached hydrogens (tertiary/aromatic N) is 2. The number of hydrogen-bond donors (Lipinski definition) is 2. The number of carbonyl (C=O) groups excluding carboxylic acids is 2. The lowest BCUT2D eigenvalue weighted by Gasteiger charge is -2.24. The van der Waals surface area contributed by atoms with Crippen molar-refractivity contribution in [3.63, 3.8) is 0 Å². The summed E-state index contributed by atoms with van der Waals surface area (Å²) in [7, 11) is -2.21. The Morgan fingerprint density at radius 3 is 2.39 bits per heavy atom. The van der Waals surface area contributed by atoms with E-state index in [-0.39, 0.29) is 34.1 Å². The van der Waals surface area contributed by atoms with Crippen molar-refractivity contribution in [3.8, 4) is 17.4 Å². The average molecular weight is 513 g/mol. The smallest absolute Gasteiger partial charge is 0.255 e. The van der Waals surface area contributed by atoms with Crippen LogP contribution in [0.25, 0.3) is 0 Å². The summed E-state index contributed by atoms with van der Waals surface area (Å²) in [5, 5.41) is 2.83. The number of aryl methyl sites for hydroxylation is 1. The van der Waals surface area contributed by atoms with Gasteiger partial charge in [-0.15, -0.1) is 0 Å². The molecule has 10 nitrogen and oxygen atoms in total. The average Bonchev–Trinajstić information content (AvgIpc) is 2.77. The van der Waals surface area contributed by atoms with E-state index in [9.17, 15) is 18.0 Å². The van der Waals surface area contributed by atoms with Gasteiger partial charge in [-0.2, -0.15) is 4.98 Å². The first-order chi connectivity index (χ1) is 16.8. The lowest BCUT2D eigenvalue weighted by Crippen LogP contribution is -2.18. The van der Waals surface area contributed by atoms with Gasteiger partial charge < -0.3 is 14.8 Å². The van der Waals surface area contributed by atoms with Gasteiger partial charge in [0.25, 0.3) is 5.91 Å². The number of sulfonamides is 1. The minimum atomic E-state index is -3.61. The standard InChI is InChI=1S/C25H28N4O6S/c1-15-9-16(11-18(10-15)35-22-7-8-26-21(14-30)28-22)24(31)27-19-12-17(25(2,3)4)13-20(23(19)34-5)29-36(6,32)33/h7-14,29H,1-6H3,(H,27,31). The van der Waals surface area contributed by atoms with Crippen LogP contribution in [0.3, 0.4) is 0 Å². The number of methoxy groups -OCH3 is 1. The van der Waals surface area contributed by atoms with Gasteiger partial charge in [-0.3, -0.25) is 14.3 Å². The zero-order chi connectivity index (χ0) is 26.7. The fourth-order valence-corrected chi connectivity index (χ4v) is 3.92. The van der Waals surface area contributed by atoms with Crippen molar-refractivity contribution in [3.05, 3.63) is 65.1 Å². The number of anilines is 2. The topological polar surface area (TPSA) is 137 Å². The lowest BCUT2D eigenvalue weighted by molar-refractivity contribution is 0.102. The maximum Gasteiger partial charge on any atom is 0.255 e. The number of carbonyl (C=O) groups is 2. The second kappa shape index (κ2) is 10.3. The predicted molar refractivity (Wildman–Crippen MR) is 137 cm³/mol. The molecule has 2 N–H and O–H groups in total. The maximum atomic E-state index is 13.3. The molecule has 0 fully saturated rings. The first kappa shape index (κ1) is 26.6. The van der Waals surface area contributed by atoms with Crippen molar-refractivity contribution in [2.24, 2.45) is 0 Å². The van der Waals surface area contributed by atoms with Gasteiger partial charge >= 0.3 is 0 Å². The zero-order valence-electron chi connectivity index (χ0n) is 20.9. The molecule has 3 rings (SSSR count). The number of aromatic nitrogens is 2. The molecular formula is C25H28N4O6S. The molecule has 0 unspecified atom stereocenters. The molecule has 36 heavy (non-hydrogen) atoms. The van der Waals surface area contributed by atoms with Crippen LogP contribution in [0.15, 0.2) is 42.6 Å². The van der Waals surface area contributed by atoms with Crippen LogP contribution in [0.4, 0.5) is 11.4 Å². The molecule has 1 heterocycles. The Balaban J connectivity index is 1.99. The highest BCUT2D eigenvalue weighted by Crippen LogP contribution is 2.39. The molecule has 3 aromatic rings. The van der Waals surface area contributed by atoms with Gasteiger partial charge in [0.15, 0.2) is 17.9 Å². The second-order valence-electron chi connectivity index (χ2n) is 9.19. The third-order valence-electron chi connectivity index (χ3n) is 4.99. The normalized spacial score (nSPS) is 11.5. The van der Waals surface area contributed by atoms with Gasteiger partial charge in [0.2, 0.25) is 15.9 Å². The van der Waals surface area contributed by atoms with Crippen LogP contribution in [0, 0.1) is 6.92 Å². The van der Waals surface area contributed by atoms with Crippen LogP contribution in [-0.2, 0) is 15.4 Å². The number of nitrogens with one attached hydrogen (secondary N) is 2.